The Hall–Kier alpha value is -3.66. The normalized spacial score (nSPS) is 27.1. The number of fused-ring (bicyclic) bond motifs is 4. The van der Waals surface area contributed by atoms with Crippen molar-refractivity contribution in [2.75, 3.05) is 26.3 Å². The quantitative estimate of drug-likeness (QED) is 0.250. The van der Waals surface area contributed by atoms with Crippen LogP contribution in [0.2, 0.25) is 0 Å². The first-order valence-corrected chi connectivity index (χ1v) is 16.8. The van der Waals surface area contributed by atoms with E-state index < -0.39 is 24.2 Å². The fraction of sp³-hybridized carbons (Fsp3) is 0.514. The van der Waals surface area contributed by atoms with Gasteiger partial charge >= 0.3 is 0 Å². The number of carbonyl (C=O) groups excluding carboxylic acids is 2. The third-order valence-corrected chi connectivity index (χ3v) is 10.1. The summed E-state index contributed by atoms with van der Waals surface area (Å²) in [5, 5.41) is 25.2. The van der Waals surface area contributed by atoms with Crippen LogP contribution in [-0.4, -0.2) is 82.6 Å². The minimum Gasteiger partial charge on any atom is -0.486 e. The highest BCUT2D eigenvalue weighted by atomic mass is 16.5. The number of aliphatic hydroxyl groups is 2. The van der Waals surface area contributed by atoms with Crippen LogP contribution in [0.25, 0.3) is 10.9 Å². The van der Waals surface area contributed by atoms with Crippen LogP contribution in [-0.2, 0) is 20.7 Å². The average molecular weight is 630 g/mol. The summed E-state index contributed by atoms with van der Waals surface area (Å²) in [6.45, 7) is 6.77. The number of para-hydroxylation sites is 2. The third-order valence-electron chi connectivity index (χ3n) is 10.1. The molecule has 0 bridgehead atoms. The highest BCUT2D eigenvalue weighted by Crippen LogP contribution is 2.47. The first kappa shape index (κ1) is 32.3. The van der Waals surface area contributed by atoms with Gasteiger partial charge in [-0.25, -0.2) is 0 Å². The Bertz CT molecular complexity index is 1530. The summed E-state index contributed by atoms with van der Waals surface area (Å²) in [6.07, 6.45) is 3.57. The fourth-order valence-corrected chi connectivity index (χ4v) is 7.71. The lowest BCUT2D eigenvalue weighted by Gasteiger charge is -2.41. The molecule has 3 aromatic rings. The zero-order chi connectivity index (χ0) is 32.4. The summed E-state index contributed by atoms with van der Waals surface area (Å²) in [4.78, 5) is 32.9. The van der Waals surface area contributed by atoms with Crippen molar-refractivity contribution in [3.63, 3.8) is 0 Å². The van der Waals surface area contributed by atoms with E-state index in [0.717, 1.165) is 35.0 Å². The predicted molar refractivity (Wildman–Crippen MR) is 176 cm³/mol. The Morgan fingerprint density at radius 2 is 1.91 bits per heavy atom. The zero-order valence-electron chi connectivity index (χ0n) is 27.0. The molecule has 0 spiro atoms. The molecule has 2 aliphatic carbocycles. The number of aliphatic hydroxyl groups excluding tert-OH is 2. The van der Waals surface area contributed by atoms with Crippen LogP contribution in [0.1, 0.15) is 57.2 Å². The molecule has 4 N–H and O–H groups in total. The lowest BCUT2D eigenvalue weighted by Crippen LogP contribution is -2.57. The second-order valence-corrected chi connectivity index (χ2v) is 13.6. The number of nitrogens with one attached hydrogen (secondary N) is 2. The Morgan fingerprint density at radius 1 is 1.13 bits per heavy atom. The number of amides is 2. The molecule has 7 atom stereocenters. The van der Waals surface area contributed by atoms with E-state index in [0.29, 0.717) is 42.0 Å². The third kappa shape index (κ3) is 6.59. The summed E-state index contributed by atoms with van der Waals surface area (Å²) >= 11 is 0. The molecule has 2 heterocycles. The maximum absolute atomic E-state index is 14.2. The molecular formula is C37H47N3O6. The van der Waals surface area contributed by atoms with Crippen molar-refractivity contribution in [2.45, 2.75) is 76.7 Å². The van der Waals surface area contributed by atoms with Gasteiger partial charge in [0.25, 0.3) is 0 Å². The Labute approximate surface area is 271 Å². The second kappa shape index (κ2) is 14.0. The summed E-state index contributed by atoms with van der Waals surface area (Å²) in [5.74, 6) is 0.901. The van der Waals surface area contributed by atoms with Crippen LogP contribution in [0.4, 0.5) is 0 Å². The predicted octanol–water partition coefficient (Wildman–Crippen LogP) is 4.34. The highest BCUT2D eigenvalue weighted by Gasteiger charge is 2.50. The summed E-state index contributed by atoms with van der Waals surface area (Å²) in [6, 6.07) is 16.8. The van der Waals surface area contributed by atoms with Gasteiger partial charge in [-0.15, -0.1) is 0 Å². The van der Waals surface area contributed by atoms with Gasteiger partial charge in [0.15, 0.2) is 0 Å². The van der Waals surface area contributed by atoms with Gasteiger partial charge in [-0.05, 0) is 60.3 Å². The van der Waals surface area contributed by atoms with Crippen molar-refractivity contribution in [3.05, 3.63) is 77.5 Å². The summed E-state index contributed by atoms with van der Waals surface area (Å²) < 4.78 is 12.7. The Balaban J connectivity index is 1.31. The van der Waals surface area contributed by atoms with Crippen molar-refractivity contribution in [1.29, 1.82) is 0 Å². The van der Waals surface area contributed by atoms with Crippen LogP contribution in [0.15, 0.2) is 66.2 Å². The molecule has 0 unspecified atom stereocenters. The monoisotopic (exact) mass is 629 g/mol. The van der Waals surface area contributed by atoms with E-state index in [9.17, 15) is 19.8 Å². The largest absolute Gasteiger partial charge is 0.486 e. The van der Waals surface area contributed by atoms with Crippen molar-refractivity contribution in [3.8, 4) is 5.75 Å². The lowest BCUT2D eigenvalue weighted by molar-refractivity contribution is -0.147. The van der Waals surface area contributed by atoms with Crippen LogP contribution < -0.4 is 10.1 Å². The number of rotatable bonds is 11. The maximum atomic E-state index is 14.2. The molecule has 1 aromatic heterocycles. The molecule has 9 heteroatoms. The highest BCUT2D eigenvalue weighted by molar-refractivity contribution is 5.96. The Morgan fingerprint density at radius 3 is 2.70 bits per heavy atom. The number of aromatic amines is 1. The molecule has 3 aliphatic rings. The number of hydrogen-bond acceptors (Lipinski definition) is 6. The number of H-pyrrole nitrogens is 1. The van der Waals surface area contributed by atoms with Gasteiger partial charge in [0.05, 0.1) is 24.7 Å². The molecule has 1 saturated carbocycles. The average Bonchev–Trinajstić information content (AvgIpc) is 3.65. The van der Waals surface area contributed by atoms with Crippen molar-refractivity contribution in [1.82, 2.24) is 15.2 Å². The minimum atomic E-state index is -1.09. The zero-order valence-corrected chi connectivity index (χ0v) is 27.0. The number of nitrogens with zero attached hydrogens (tertiary/aromatic N) is 1. The lowest BCUT2D eigenvalue weighted by atomic mass is 9.75. The molecule has 1 fully saturated rings. The first-order chi connectivity index (χ1) is 22.2. The van der Waals surface area contributed by atoms with E-state index in [2.05, 4.69) is 37.1 Å². The van der Waals surface area contributed by atoms with E-state index in [4.69, 9.17) is 9.47 Å². The molecule has 2 amide bonds. The number of benzene rings is 2. The molecule has 246 valence electrons. The first-order valence-electron chi connectivity index (χ1n) is 16.8. The molecular weight excluding hydrogens is 582 g/mol. The Kier molecular flexibility index (Phi) is 9.82. The van der Waals surface area contributed by atoms with Gasteiger partial charge in [0.1, 0.15) is 24.6 Å². The summed E-state index contributed by atoms with van der Waals surface area (Å²) in [7, 11) is 0. The number of carbonyl (C=O) groups is 2. The van der Waals surface area contributed by atoms with Crippen LogP contribution in [0.3, 0.4) is 0 Å². The van der Waals surface area contributed by atoms with Crippen molar-refractivity contribution in [2.24, 2.45) is 17.8 Å². The van der Waals surface area contributed by atoms with E-state index in [1.807, 2.05) is 48.5 Å². The molecule has 2 aromatic carbocycles. The smallest absolute Gasteiger partial charge is 0.249 e. The summed E-state index contributed by atoms with van der Waals surface area (Å²) in [5.41, 5.74) is 3.23. The van der Waals surface area contributed by atoms with E-state index in [1.165, 1.54) is 6.42 Å². The van der Waals surface area contributed by atoms with Crippen LogP contribution in [0, 0.1) is 17.8 Å². The molecule has 0 radical (unpaired) electrons. The molecule has 0 saturated heterocycles. The van der Waals surface area contributed by atoms with Crippen LogP contribution >= 0.6 is 0 Å². The number of ether oxygens (including phenoxy) is 2. The fourth-order valence-electron chi connectivity index (χ4n) is 7.71. The minimum absolute atomic E-state index is 0.00746. The van der Waals surface area contributed by atoms with Gasteiger partial charge in [-0.1, -0.05) is 63.6 Å². The second-order valence-electron chi connectivity index (χ2n) is 13.6. The molecule has 46 heavy (non-hydrogen) atoms. The topological polar surface area (TPSA) is 124 Å². The number of hydrogen-bond donors (Lipinski definition) is 4. The molecule has 9 nitrogen and oxygen atoms in total. The van der Waals surface area contributed by atoms with Crippen molar-refractivity contribution < 1.29 is 29.3 Å². The standard InChI is InChI=1S/C37H47N3O6/c1-22(2)26-13-12-23(3)18-32(26)45-21-33(42)40(16-14-25-19-24-8-4-6-10-29(24)39-25)30-20-28(37(44)38-15-17-41)34-27-9-5-7-11-31(27)46-36(34)35(30)43/h4-11,19-20,22-23,26,30,32,34-36,39,41,43H,12-18,21H2,1-3H3,(H,38,44)/t23-,26+,30+,32-,34-,35-,36-/m0/s1. The SMILES string of the molecule is CC(C)[C@H]1CC[C@H](C)C[C@@H]1OCC(=O)N(CCc1cc2ccccc2[nH]1)[C@@H]1C=C(C(=O)NCCO)[C@@H]2c3ccccc3O[C@@H]2[C@H]1O. The van der Waals surface area contributed by atoms with Crippen molar-refractivity contribution >= 4 is 22.7 Å². The van der Waals surface area contributed by atoms with Gasteiger partial charge < -0.3 is 34.9 Å². The van der Waals surface area contributed by atoms with E-state index in [1.54, 1.807) is 11.0 Å². The molecule has 1 aliphatic heterocycles. The molecule has 6 rings (SSSR count). The van der Waals surface area contributed by atoms with E-state index >= 15 is 0 Å². The van der Waals surface area contributed by atoms with E-state index in [-0.39, 0.29) is 37.7 Å². The van der Waals surface area contributed by atoms with Gasteiger partial charge in [-0.3, -0.25) is 9.59 Å². The van der Waals surface area contributed by atoms with Gasteiger partial charge in [-0.2, -0.15) is 0 Å². The van der Waals surface area contributed by atoms with Crippen LogP contribution in [0.5, 0.6) is 5.75 Å². The van der Waals surface area contributed by atoms with Gasteiger partial charge in [0, 0.05) is 41.9 Å². The number of aromatic nitrogens is 1. The maximum Gasteiger partial charge on any atom is 0.249 e. The van der Waals surface area contributed by atoms with Gasteiger partial charge in [0.2, 0.25) is 11.8 Å².